The van der Waals surface area contributed by atoms with Gasteiger partial charge in [-0.2, -0.15) is 0 Å². The van der Waals surface area contributed by atoms with Gasteiger partial charge in [0, 0.05) is 4.47 Å². The van der Waals surface area contributed by atoms with Gasteiger partial charge in [0.1, 0.15) is 0 Å². The maximum Gasteiger partial charge on any atom is 0.0236 e. The highest BCUT2D eigenvalue weighted by molar-refractivity contribution is 9.10. The minimum Gasteiger partial charge on any atom is -0.0596 e. The normalized spacial score (nSPS) is 18.7. The molecule has 1 aromatic rings. The highest BCUT2D eigenvalue weighted by Gasteiger charge is 2.26. The van der Waals surface area contributed by atoms with E-state index in [0.717, 1.165) is 0 Å². The Bertz CT molecular complexity index is 402. The fourth-order valence-corrected chi connectivity index (χ4v) is 3.01. The Morgan fingerprint density at radius 1 is 1.27 bits per heavy atom. The van der Waals surface area contributed by atoms with Gasteiger partial charge in [-0.3, -0.25) is 0 Å². The van der Waals surface area contributed by atoms with Crippen LogP contribution in [-0.4, -0.2) is 0 Å². The van der Waals surface area contributed by atoms with Crippen LogP contribution >= 0.6 is 15.9 Å². The molecule has 0 amide bonds. The summed E-state index contributed by atoms with van der Waals surface area (Å²) >= 11 is 3.69. The van der Waals surface area contributed by atoms with E-state index < -0.39 is 0 Å². The quantitative estimate of drug-likeness (QED) is 0.645. The van der Waals surface area contributed by atoms with Crippen molar-refractivity contribution in [1.82, 2.24) is 0 Å². The predicted octanol–water partition coefficient (Wildman–Crippen LogP) is 4.58. The summed E-state index contributed by atoms with van der Waals surface area (Å²) < 4.78 is 1.31. The average Bonchev–Trinajstić information content (AvgIpc) is 2.12. The fraction of sp³-hybridized carbons (Fsp3) is 0.571. The van der Waals surface area contributed by atoms with E-state index in [2.05, 4.69) is 49.7 Å². The monoisotopic (exact) mass is 266 g/mol. The van der Waals surface area contributed by atoms with Crippen molar-refractivity contribution in [3.05, 3.63) is 32.8 Å². The summed E-state index contributed by atoms with van der Waals surface area (Å²) in [6.45, 7) is 9.19. The van der Waals surface area contributed by atoms with E-state index in [1.54, 1.807) is 11.1 Å². The Hall–Kier alpha value is -0.300. The molecule has 0 atom stereocenters. The summed E-state index contributed by atoms with van der Waals surface area (Å²) in [7, 11) is 0. The van der Waals surface area contributed by atoms with Crippen molar-refractivity contribution in [3.8, 4) is 0 Å². The zero-order valence-electron chi connectivity index (χ0n) is 10.1. The van der Waals surface area contributed by atoms with Crippen molar-refractivity contribution in [3.63, 3.8) is 0 Å². The number of benzene rings is 1. The molecule has 15 heavy (non-hydrogen) atoms. The van der Waals surface area contributed by atoms with Crippen LogP contribution in [0.3, 0.4) is 0 Å². The Morgan fingerprint density at radius 3 is 2.60 bits per heavy atom. The highest BCUT2D eigenvalue weighted by atomic mass is 79.9. The number of aryl methyl sites for hydroxylation is 1. The van der Waals surface area contributed by atoms with Gasteiger partial charge in [0.25, 0.3) is 0 Å². The first-order valence-electron chi connectivity index (χ1n) is 5.68. The van der Waals surface area contributed by atoms with Gasteiger partial charge in [0.2, 0.25) is 0 Å². The summed E-state index contributed by atoms with van der Waals surface area (Å²) in [5.74, 6) is 0. The maximum atomic E-state index is 3.69. The number of fused-ring (bicyclic) bond motifs is 1. The van der Waals surface area contributed by atoms with Crippen molar-refractivity contribution in [2.75, 3.05) is 0 Å². The lowest BCUT2D eigenvalue weighted by Crippen LogP contribution is -2.23. The van der Waals surface area contributed by atoms with Crippen LogP contribution in [0.2, 0.25) is 0 Å². The van der Waals surface area contributed by atoms with Gasteiger partial charge in [0.05, 0.1) is 0 Å². The van der Waals surface area contributed by atoms with Crippen molar-refractivity contribution in [1.29, 1.82) is 0 Å². The van der Waals surface area contributed by atoms with Gasteiger partial charge in [-0.15, -0.1) is 0 Å². The predicted molar refractivity (Wildman–Crippen MR) is 69.4 cm³/mol. The molecular formula is C14H19Br. The van der Waals surface area contributed by atoms with Crippen LogP contribution in [0.15, 0.2) is 10.5 Å². The molecule has 1 aliphatic carbocycles. The molecule has 0 heterocycles. The zero-order valence-corrected chi connectivity index (χ0v) is 11.7. The SMILES string of the molecule is Cc1cc2c(c(C)c1Br)CCC(C)(C)C2. The third kappa shape index (κ3) is 1.99. The molecule has 0 saturated heterocycles. The van der Waals surface area contributed by atoms with E-state index in [1.165, 1.54) is 34.9 Å². The molecule has 0 aromatic heterocycles. The fourth-order valence-electron chi connectivity index (χ4n) is 2.65. The lowest BCUT2D eigenvalue weighted by molar-refractivity contribution is 0.314. The Labute approximate surface area is 101 Å². The second-order valence-electron chi connectivity index (χ2n) is 5.61. The Morgan fingerprint density at radius 2 is 1.93 bits per heavy atom. The third-order valence-electron chi connectivity index (χ3n) is 3.63. The van der Waals surface area contributed by atoms with E-state index in [4.69, 9.17) is 0 Å². The maximum absolute atomic E-state index is 3.69. The second-order valence-corrected chi connectivity index (χ2v) is 6.40. The third-order valence-corrected chi connectivity index (χ3v) is 4.85. The van der Waals surface area contributed by atoms with E-state index in [1.807, 2.05) is 0 Å². The molecule has 0 aliphatic heterocycles. The van der Waals surface area contributed by atoms with Crippen LogP contribution < -0.4 is 0 Å². The second kappa shape index (κ2) is 3.62. The highest BCUT2D eigenvalue weighted by Crippen LogP contribution is 2.38. The van der Waals surface area contributed by atoms with Gasteiger partial charge in [-0.25, -0.2) is 0 Å². The number of halogens is 1. The molecule has 0 fully saturated rings. The molecule has 1 aliphatic rings. The lowest BCUT2D eigenvalue weighted by Gasteiger charge is -2.33. The first-order valence-corrected chi connectivity index (χ1v) is 6.47. The molecule has 0 bridgehead atoms. The largest absolute Gasteiger partial charge is 0.0596 e. The molecule has 0 nitrogen and oxygen atoms in total. The smallest absolute Gasteiger partial charge is 0.0236 e. The van der Waals surface area contributed by atoms with E-state index in [-0.39, 0.29) is 0 Å². The summed E-state index contributed by atoms with van der Waals surface area (Å²) in [6.07, 6.45) is 3.79. The molecule has 1 heteroatoms. The van der Waals surface area contributed by atoms with E-state index in [0.29, 0.717) is 5.41 Å². The minimum absolute atomic E-state index is 0.486. The first kappa shape index (κ1) is 11.2. The van der Waals surface area contributed by atoms with Gasteiger partial charge in [-0.1, -0.05) is 35.8 Å². The number of hydrogen-bond acceptors (Lipinski definition) is 0. The minimum atomic E-state index is 0.486. The summed E-state index contributed by atoms with van der Waals surface area (Å²) in [5.41, 5.74) is 6.49. The van der Waals surface area contributed by atoms with Crippen molar-refractivity contribution in [2.45, 2.75) is 47.0 Å². The van der Waals surface area contributed by atoms with Crippen LogP contribution in [0.5, 0.6) is 0 Å². The van der Waals surface area contributed by atoms with Crippen molar-refractivity contribution in [2.24, 2.45) is 5.41 Å². The summed E-state index contributed by atoms with van der Waals surface area (Å²) in [6, 6.07) is 2.37. The van der Waals surface area contributed by atoms with Crippen LogP contribution in [0.1, 0.15) is 42.5 Å². The van der Waals surface area contributed by atoms with Crippen LogP contribution in [0.4, 0.5) is 0 Å². The number of hydrogen-bond donors (Lipinski definition) is 0. The zero-order chi connectivity index (χ0) is 11.2. The molecule has 82 valence electrons. The standard InChI is InChI=1S/C14H19Br/c1-9-7-11-8-14(3,4)6-5-12(11)10(2)13(9)15/h7H,5-6,8H2,1-4H3. The molecular weight excluding hydrogens is 248 g/mol. The average molecular weight is 267 g/mol. The molecule has 1 aromatic carbocycles. The lowest BCUT2D eigenvalue weighted by atomic mass is 9.73. The van der Waals surface area contributed by atoms with Crippen LogP contribution in [0.25, 0.3) is 0 Å². The molecule has 0 N–H and O–H groups in total. The van der Waals surface area contributed by atoms with Gasteiger partial charge < -0.3 is 0 Å². The van der Waals surface area contributed by atoms with Gasteiger partial charge >= 0.3 is 0 Å². The van der Waals surface area contributed by atoms with Crippen LogP contribution in [-0.2, 0) is 12.8 Å². The topological polar surface area (TPSA) is 0 Å². The Kier molecular flexibility index (Phi) is 2.70. The van der Waals surface area contributed by atoms with Gasteiger partial charge in [-0.05, 0) is 60.8 Å². The van der Waals surface area contributed by atoms with Gasteiger partial charge in [0.15, 0.2) is 0 Å². The molecule has 0 spiro atoms. The summed E-state index contributed by atoms with van der Waals surface area (Å²) in [4.78, 5) is 0. The van der Waals surface area contributed by atoms with E-state index >= 15 is 0 Å². The van der Waals surface area contributed by atoms with Crippen molar-refractivity contribution >= 4 is 15.9 Å². The summed E-state index contributed by atoms with van der Waals surface area (Å²) in [5, 5.41) is 0. The van der Waals surface area contributed by atoms with Crippen LogP contribution in [0, 0.1) is 19.3 Å². The Balaban J connectivity index is 2.54. The molecule has 0 radical (unpaired) electrons. The van der Waals surface area contributed by atoms with Crippen molar-refractivity contribution < 1.29 is 0 Å². The van der Waals surface area contributed by atoms with E-state index in [9.17, 15) is 0 Å². The molecule has 0 saturated carbocycles. The molecule has 2 rings (SSSR count). The number of rotatable bonds is 0. The molecule has 0 unspecified atom stereocenters. The first-order chi connectivity index (χ1) is 6.91.